The molecular formula is C25H34N6O2S2. The van der Waals surface area contributed by atoms with Crippen LogP contribution in [0.25, 0.3) is 10.6 Å². The fourth-order valence-electron chi connectivity index (χ4n) is 4.09. The van der Waals surface area contributed by atoms with Crippen LogP contribution < -0.4 is 20.9 Å². The topological polar surface area (TPSA) is 112 Å². The molecule has 3 heterocycles. The number of nitrogens with two attached hydrogens (primary N) is 2. The van der Waals surface area contributed by atoms with E-state index >= 15 is 0 Å². The van der Waals surface area contributed by atoms with Crippen molar-refractivity contribution < 1.29 is 9.47 Å². The monoisotopic (exact) mass is 514 g/mol. The maximum absolute atomic E-state index is 6.17. The van der Waals surface area contributed by atoms with Crippen LogP contribution in [0.15, 0.2) is 29.4 Å². The molecule has 1 saturated heterocycles. The van der Waals surface area contributed by atoms with Crippen molar-refractivity contribution in [3.8, 4) is 22.1 Å². The minimum absolute atomic E-state index is 0.374. The van der Waals surface area contributed by atoms with Crippen LogP contribution >= 0.6 is 23.1 Å². The average Bonchev–Trinajstić information content (AvgIpc) is 3.26. The van der Waals surface area contributed by atoms with Gasteiger partial charge < -0.3 is 20.9 Å². The first-order valence-electron chi connectivity index (χ1n) is 12.1. The molecule has 0 unspecified atom stereocenters. The summed E-state index contributed by atoms with van der Waals surface area (Å²) in [6.07, 6.45) is 5.92. The second kappa shape index (κ2) is 12.4. The van der Waals surface area contributed by atoms with Crippen LogP contribution in [0.1, 0.15) is 43.2 Å². The van der Waals surface area contributed by atoms with E-state index in [1.165, 1.54) is 35.9 Å². The third kappa shape index (κ3) is 6.99. The molecule has 0 aliphatic carbocycles. The van der Waals surface area contributed by atoms with Gasteiger partial charge in [-0.1, -0.05) is 31.5 Å². The summed E-state index contributed by atoms with van der Waals surface area (Å²) in [5.41, 5.74) is 13.7. The first kappa shape index (κ1) is 25.5. The smallest absolute Gasteiger partial charge is 0.191 e. The summed E-state index contributed by atoms with van der Waals surface area (Å²) in [4.78, 5) is 17.3. The van der Waals surface area contributed by atoms with E-state index in [2.05, 4.69) is 21.8 Å². The van der Waals surface area contributed by atoms with E-state index in [0.29, 0.717) is 29.2 Å². The highest BCUT2D eigenvalue weighted by Gasteiger charge is 2.16. The van der Waals surface area contributed by atoms with Gasteiger partial charge in [0.25, 0.3) is 0 Å². The summed E-state index contributed by atoms with van der Waals surface area (Å²) in [7, 11) is 1.68. The van der Waals surface area contributed by atoms with Gasteiger partial charge in [0.1, 0.15) is 23.3 Å². The highest BCUT2D eigenvalue weighted by Crippen LogP contribution is 2.37. The summed E-state index contributed by atoms with van der Waals surface area (Å²) in [5.74, 6) is 2.90. The number of methoxy groups -OCH3 is 1. The molecule has 1 aliphatic heterocycles. The Morgan fingerprint density at radius 3 is 2.51 bits per heavy atom. The number of rotatable bonds is 11. The van der Waals surface area contributed by atoms with E-state index < -0.39 is 0 Å². The number of aryl methyl sites for hydroxylation is 1. The number of thiazole rings is 1. The number of nitrogen functional groups attached to an aromatic ring is 2. The van der Waals surface area contributed by atoms with Gasteiger partial charge in [0.05, 0.1) is 12.8 Å². The number of anilines is 2. The number of piperidine rings is 1. The standard InChI is InChI=1S/C25H34N6O2S2/c1-3-7-21-18(16-34-25-29-22(26)15-23(27)30-25)28-24(35-21)17-8-9-19(32-2)20(14-17)33-13-12-31-10-5-4-6-11-31/h8-9,14-15H,3-7,10-13,16H2,1-2H3,(H4,26,27,29,30). The molecule has 2 aromatic heterocycles. The molecule has 35 heavy (non-hydrogen) atoms. The summed E-state index contributed by atoms with van der Waals surface area (Å²) >= 11 is 3.22. The van der Waals surface area contributed by atoms with E-state index in [0.717, 1.165) is 60.2 Å². The molecule has 0 bridgehead atoms. The Hall–Kier alpha value is -2.56. The molecule has 0 radical (unpaired) electrons. The van der Waals surface area contributed by atoms with Crippen LogP contribution in [0.2, 0.25) is 0 Å². The number of hydrogen-bond acceptors (Lipinski definition) is 10. The zero-order valence-electron chi connectivity index (χ0n) is 20.5. The van der Waals surface area contributed by atoms with Gasteiger partial charge in [-0.05, 0) is 50.6 Å². The van der Waals surface area contributed by atoms with Gasteiger partial charge in [-0.25, -0.2) is 15.0 Å². The predicted molar refractivity (Wildman–Crippen MR) is 144 cm³/mol. The third-order valence-electron chi connectivity index (χ3n) is 5.86. The molecule has 1 aromatic carbocycles. The van der Waals surface area contributed by atoms with Crippen molar-refractivity contribution in [3.63, 3.8) is 0 Å². The van der Waals surface area contributed by atoms with Crippen molar-refractivity contribution in [1.82, 2.24) is 19.9 Å². The number of aromatic nitrogens is 3. The SMILES string of the molecule is CCCc1sc(-c2ccc(OC)c(OCCN3CCCCC3)c2)nc1CSc1nc(N)cc(N)n1. The van der Waals surface area contributed by atoms with Gasteiger partial charge in [0.2, 0.25) is 0 Å². The van der Waals surface area contributed by atoms with Gasteiger partial charge in [0, 0.05) is 28.8 Å². The lowest BCUT2D eigenvalue weighted by Crippen LogP contribution is -2.33. The minimum atomic E-state index is 0.374. The Kier molecular flexibility index (Phi) is 9.06. The van der Waals surface area contributed by atoms with Gasteiger partial charge in [0.15, 0.2) is 16.7 Å². The van der Waals surface area contributed by atoms with Crippen LogP contribution in [-0.4, -0.2) is 53.2 Å². The van der Waals surface area contributed by atoms with Crippen LogP contribution in [0, 0.1) is 0 Å². The van der Waals surface area contributed by atoms with E-state index in [9.17, 15) is 0 Å². The molecular weight excluding hydrogens is 480 g/mol. The quantitative estimate of drug-likeness (QED) is 0.273. The third-order valence-corrected chi connectivity index (χ3v) is 7.93. The van der Waals surface area contributed by atoms with Gasteiger partial charge in [-0.15, -0.1) is 11.3 Å². The molecule has 0 spiro atoms. The van der Waals surface area contributed by atoms with Crippen molar-refractivity contribution >= 4 is 34.7 Å². The van der Waals surface area contributed by atoms with E-state index in [4.69, 9.17) is 25.9 Å². The van der Waals surface area contributed by atoms with E-state index in [1.807, 2.05) is 18.2 Å². The Bertz CT molecular complexity index is 1100. The molecule has 8 nitrogen and oxygen atoms in total. The zero-order valence-corrected chi connectivity index (χ0v) is 22.1. The van der Waals surface area contributed by atoms with Gasteiger partial charge >= 0.3 is 0 Å². The fraction of sp³-hybridized carbons (Fsp3) is 0.480. The maximum Gasteiger partial charge on any atom is 0.191 e. The van der Waals surface area contributed by atoms with Crippen molar-refractivity contribution in [3.05, 3.63) is 34.8 Å². The number of hydrogen-bond donors (Lipinski definition) is 2. The number of benzene rings is 1. The Morgan fingerprint density at radius 1 is 1.03 bits per heavy atom. The molecule has 10 heteroatoms. The highest BCUT2D eigenvalue weighted by molar-refractivity contribution is 7.98. The average molecular weight is 515 g/mol. The van der Waals surface area contributed by atoms with Crippen molar-refractivity contribution in [2.75, 3.05) is 44.8 Å². The van der Waals surface area contributed by atoms with E-state index in [-0.39, 0.29) is 0 Å². The lowest BCUT2D eigenvalue weighted by Gasteiger charge is -2.26. The van der Waals surface area contributed by atoms with Crippen LogP contribution in [0.3, 0.4) is 0 Å². The fourth-order valence-corrected chi connectivity index (χ4v) is 6.20. The van der Waals surface area contributed by atoms with Crippen molar-refractivity contribution in [2.24, 2.45) is 0 Å². The Labute approximate surface area is 215 Å². The zero-order chi connectivity index (χ0) is 24.6. The molecule has 1 aliphatic rings. The predicted octanol–water partition coefficient (Wildman–Crippen LogP) is 4.88. The van der Waals surface area contributed by atoms with Crippen LogP contribution in [-0.2, 0) is 12.2 Å². The number of nitrogens with zero attached hydrogens (tertiary/aromatic N) is 4. The lowest BCUT2D eigenvalue weighted by atomic mass is 10.1. The van der Waals surface area contributed by atoms with Crippen molar-refractivity contribution in [1.29, 1.82) is 0 Å². The molecule has 3 aromatic rings. The second-order valence-electron chi connectivity index (χ2n) is 8.54. The molecule has 188 valence electrons. The van der Waals surface area contributed by atoms with Crippen molar-refractivity contribution in [2.45, 2.75) is 49.9 Å². The molecule has 0 atom stereocenters. The van der Waals surface area contributed by atoms with Gasteiger partial charge in [-0.2, -0.15) is 0 Å². The van der Waals surface area contributed by atoms with Crippen LogP contribution in [0.5, 0.6) is 11.5 Å². The summed E-state index contributed by atoms with van der Waals surface area (Å²) in [5, 5.41) is 1.54. The first-order chi connectivity index (χ1) is 17.1. The summed E-state index contributed by atoms with van der Waals surface area (Å²) in [6.45, 7) is 6.08. The maximum atomic E-state index is 6.17. The second-order valence-corrected chi connectivity index (χ2v) is 10.6. The van der Waals surface area contributed by atoms with E-state index in [1.54, 1.807) is 24.5 Å². The van der Waals surface area contributed by atoms with Crippen LogP contribution in [0.4, 0.5) is 11.6 Å². The Balaban J connectivity index is 1.49. The molecule has 0 amide bonds. The number of likely N-dealkylation sites (tertiary alicyclic amines) is 1. The minimum Gasteiger partial charge on any atom is -0.493 e. The number of ether oxygens (including phenoxy) is 2. The molecule has 0 saturated carbocycles. The number of thioether (sulfide) groups is 1. The Morgan fingerprint density at radius 2 is 1.80 bits per heavy atom. The summed E-state index contributed by atoms with van der Waals surface area (Å²) < 4.78 is 11.7. The summed E-state index contributed by atoms with van der Waals surface area (Å²) in [6, 6.07) is 7.61. The largest absolute Gasteiger partial charge is 0.493 e. The highest BCUT2D eigenvalue weighted by atomic mass is 32.2. The normalized spacial score (nSPS) is 14.2. The van der Waals surface area contributed by atoms with Gasteiger partial charge in [-0.3, -0.25) is 4.90 Å². The first-order valence-corrected chi connectivity index (χ1v) is 13.9. The molecule has 4 N–H and O–H groups in total. The molecule has 4 rings (SSSR count). The molecule has 1 fully saturated rings. The lowest BCUT2D eigenvalue weighted by molar-refractivity contribution is 0.180.